The summed E-state index contributed by atoms with van der Waals surface area (Å²) < 4.78 is 0. The lowest BCUT2D eigenvalue weighted by molar-refractivity contribution is -0.128. The first-order chi connectivity index (χ1) is 9.43. The summed E-state index contributed by atoms with van der Waals surface area (Å²) in [5.41, 5.74) is -1.62. The van der Waals surface area contributed by atoms with Crippen molar-refractivity contribution in [1.82, 2.24) is 5.32 Å². The predicted molar refractivity (Wildman–Crippen MR) is 80.4 cm³/mol. The molecule has 0 radical (unpaired) electrons. The summed E-state index contributed by atoms with van der Waals surface area (Å²) in [4.78, 5) is 12.0. The van der Waals surface area contributed by atoms with Crippen molar-refractivity contribution in [3.8, 4) is 0 Å². The first kappa shape index (κ1) is 17.4. The van der Waals surface area contributed by atoms with Crippen LogP contribution in [0.2, 0.25) is 0 Å². The van der Waals surface area contributed by atoms with Crippen LogP contribution < -0.4 is 5.32 Å². The Kier molecular flexibility index (Phi) is 6.96. The SMILES string of the molecule is CCCC(O)(CCC)CC(=O)NCC1(O)CCCCC1. The predicted octanol–water partition coefficient (Wildman–Crippen LogP) is 2.52. The fraction of sp³-hybridized carbons (Fsp3) is 0.938. The molecule has 1 aliphatic rings. The van der Waals surface area contributed by atoms with E-state index in [1.165, 1.54) is 6.42 Å². The van der Waals surface area contributed by atoms with E-state index in [9.17, 15) is 15.0 Å². The van der Waals surface area contributed by atoms with Crippen LogP contribution in [0, 0.1) is 0 Å². The summed E-state index contributed by atoms with van der Waals surface area (Å²) in [6.07, 6.45) is 7.94. The number of aliphatic hydroxyl groups is 2. The van der Waals surface area contributed by atoms with Crippen molar-refractivity contribution in [3.05, 3.63) is 0 Å². The lowest BCUT2D eigenvalue weighted by Crippen LogP contribution is -2.46. The van der Waals surface area contributed by atoms with Crippen LogP contribution in [-0.2, 0) is 4.79 Å². The van der Waals surface area contributed by atoms with Gasteiger partial charge in [-0.3, -0.25) is 4.79 Å². The van der Waals surface area contributed by atoms with Gasteiger partial charge in [0.05, 0.1) is 17.6 Å². The summed E-state index contributed by atoms with van der Waals surface area (Å²) >= 11 is 0. The highest BCUT2D eigenvalue weighted by Gasteiger charge is 2.32. The van der Waals surface area contributed by atoms with E-state index >= 15 is 0 Å². The highest BCUT2D eigenvalue weighted by molar-refractivity contribution is 5.77. The van der Waals surface area contributed by atoms with E-state index in [0.29, 0.717) is 19.4 Å². The summed E-state index contributed by atoms with van der Waals surface area (Å²) in [5.74, 6) is -0.145. The molecule has 0 bridgehead atoms. The maximum atomic E-state index is 12.0. The topological polar surface area (TPSA) is 69.6 Å². The normalized spacial score (nSPS) is 18.8. The van der Waals surface area contributed by atoms with Gasteiger partial charge in [0.1, 0.15) is 0 Å². The second-order valence-corrected chi connectivity index (χ2v) is 6.46. The maximum Gasteiger partial charge on any atom is 0.222 e. The van der Waals surface area contributed by atoms with Gasteiger partial charge in [-0.25, -0.2) is 0 Å². The van der Waals surface area contributed by atoms with Crippen LogP contribution in [0.3, 0.4) is 0 Å². The first-order valence-corrected chi connectivity index (χ1v) is 8.14. The third-order valence-corrected chi connectivity index (χ3v) is 4.32. The number of amides is 1. The molecule has 118 valence electrons. The molecule has 3 N–H and O–H groups in total. The van der Waals surface area contributed by atoms with Crippen molar-refractivity contribution in [2.75, 3.05) is 6.54 Å². The molecular weight excluding hydrogens is 254 g/mol. The fourth-order valence-electron chi connectivity index (χ4n) is 3.24. The fourth-order valence-corrected chi connectivity index (χ4v) is 3.24. The molecule has 1 aliphatic carbocycles. The van der Waals surface area contributed by atoms with Gasteiger partial charge in [0, 0.05) is 6.54 Å². The van der Waals surface area contributed by atoms with Gasteiger partial charge in [-0.1, -0.05) is 46.0 Å². The van der Waals surface area contributed by atoms with Crippen LogP contribution in [0.15, 0.2) is 0 Å². The van der Waals surface area contributed by atoms with Gasteiger partial charge in [0.25, 0.3) is 0 Å². The van der Waals surface area contributed by atoms with E-state index < -0.39 is 11.2 Å². The zero-order chi connectivity index (χ0) is 15.1. The zero-order valence-electron chi connectivity index (χ0n) is 13.1. The molecule has 0 aromatic heterocycles. The zero-order valence-corrected chi connectivity index (χ0v) is 13.1. The molecule has 4 heteroatoms. The molecule has 1 fully saturated rings. The van der Waals surface area contributed by atoms with Crippen LogP contribution in [0.5, 0.6) is 0 Å². The number of hydrogen-bond acceptors (Lipinski definition) is 3. The summed E-state index contributed by atoms with van der Waals surface area (Å²) in [5, 5.41) is 23.6. The highest BCUT2D eigenvalue weighted by atomic mass is 16.3. The largest absolute Gasteiger partial charge is 0.389 e. The monoisotopic (exact) mass is 285 g/mol. The molecule has 0 aliphatic heterocycles. The number of carbonyl (C=O) groups is 1. The highest BCUT2D eigenvalue weighted by Crippen LogP contribution is 2.28. The van der Waals surface area contributed by atoms with Crippen LogP contribution in [-0.4, -0.2) is 33.9 Å². The van der Waals surface area contributed by atoms with E-state index in [-0.39, 0.29) is 12.3 Å². The molecule has 0 saturated heterocycles. The minimum absolute atomic E-state index is 0.144. The number of carbonyl (C=O) groups excluding carboxylic acids is 1. The molecule has 1 rings (SSSR count). The van der Waals surface area contributed by atoms with E-state index in [1.54, 1.807) is 0 Å². The lowest BCUT2D eigenvalue weighted by Gasteiger charge is -2.33. The van der Waals surface area contributed by atoms with Crippen LogP contribution in [0.4, 0.5) is 0 Å². The van der Waals surface area contributed by atoms with E-state index in [0.717, 1.165) is 38.5 Å². The third kappa shape index (κ3) is 5.80. The Morgan fingerprint density at radius 3 is 2.20 bits per heavy atom. The minimum atomic E-state index is -0.886. The Hall–Kier alpha value is -0.610. The third-order valence-electron chi connectivity index (χ3n) is 4.32. The van der Waals surface area contributed by atoms with Gasteiger partial charge in [-0.05, 0) is 25.7 Å². The van der Waals surface area contributed by atoms with Gasteiger partial charge in [-0.15, -0.1) is 0 Å². The molecule has 0 aromatic carbocycles. The first-order valence-electron chi connectivity index (χ1n) is 8.14. The molecule has 4 nitrogen and oxygen atoms in total. The van der Waals surface area contributed by atoms with Gasteiger partial charge >= 0.3 is 0 Å². The van der Waals surface area contributed by atoms with Gasteiger partial charge in [0.15, 0.2) is 0 Å². The molecule has 0 aromatic rings. The Balaban J connectivity index is 2.41. The Morgan fingerprint density at radius 1 is 1.15 bits per heavy atom. The summed E-state index contributed by atoms with van der Waals surface area (Å²) in [6.45, 7) is 4.35. The number of nitrogens with one attached hydrogen (secondary N) is 1. The van der Waals surface area contributed by atoms with Crippen LogP contribution in [0.1, 0.15) is 78.1 Å². The molecular formula is C16H31NO3. The van der Waals surface area contributed by atoms with Gasteiger partial charge < -0.3 is 15.5 Å². The average Bonchev–Trinajstić information content (AvgIpc) is 2.38. The molecule has 1 saturated carbocycles. The maximum absolute atomic E-state index is 12.0. The lowest BCUT2D eigenvalue weighted by atomic mass is 9.84. The molecule has 20 heavy (non-hydrogen) atoms. The van der Waals surface area contributed by atoms with Crippen molar-refractivity contribution in [2.45, 2.75) is 89.3 Å². The molecule has 1 amide bonds. The van der Waals surface area contributed by atoms with Crippen molar-refractivity contribution >= 4 is 5.91 Å². The summed E-state index contributed by atoms with van der Waals surface area (Å²) in [7, 11) is 0. The van der Waals surface area contributed by atoms with Crippen molar-refractivity contribution in [2.24, 2.45) is 0 Å². The van der Waals surface area contributed by atoms with Crippen molar-refractivity contribution in [1.29, 1.82) is 0 Å². The van der Waals surface area contributed by atoms with E-state index in [1.807, 2.05) is 13.8 Å². The number of rotatable bonds is 8. The Labute approximate surface area is 123 Å². The van der Waals surface area contributed by atoms with Crippen molar-refractivity contribution < 1.29 is 15.0 Å². The second-order valence-electron chi connectivity index (χ2n) is 6.46. The number of hydrogen-bond donors (Lipinski definition) is 3. The molecule has 0 unspecified atom stereocenters. The molecule has 0 spiro atoms. The second kappa shape index (κ2) is 7.99. The van der Waals surface area contributed by atoms with E-state index in [2.05, 4.69) is 5.32 Å². The quantitative estimate of drug-likeness (QED) is 0.642. The van der Waals surface area contributed by atoms with E-state index in [4.69, 9.17) is 0 Å². The minimum Gasteiger partial charge on any atom is -0.389 e. The molecule has 0 heterocycles. The van der Waals surface area contributed by atoms with Gasteiger partial charge in [-0.2, -0.15) is 0 Å². The standard InChI is InChI=1S/C16H31NO3/c1-3-8-15(19,9-4-2)12-14(18)17-13-16(20)10-6-5-7-11-16/h19-20H,3-13H2,1-2H3,(H,17,18). The Morgan fingerprint density at radius 2 is 1.70 bits per heavy atom. The van der Waals surface area contributed by atoms with Crippen LogP contribution >= 0.6 is 0 Å². The van der Waals surface area contributed by atoms with Gasteiger partial charge in [0.2, 0.25) is 5.91 Å². The molecule has 0 atom stereocenters. The summed E-state index contributed by atoms with van der Waals surface area (Å²) in [6, 6.07) is 0. The Bertz CT molecular complexity index is 292. The van der Waals surface area contributed by atoms with Crippen LogP contribution in [0.25, 0.3) is 0 Å². The average molecular weight is 285 g/mol. The smallest absolute Gasteiger partial charge is 0.222 e. The van der Waals surface area contributed by atoms with Crippen molar-refractivity contribution in [3.63, 3.8) is 0 Å².